The first kappa shape index (κ1) is 91.5. The number of phosphoric acid groups is 2. The van der Waals surface area contributed by atoms with Gasteiger partial charge in [0.1, 0.15) is 19.3 Å². The van der Waals surface area contributed by atoms with Gasteiger partial charge in [0, 0.05) is 19.3 Å². The third kappa shape index (κ3) is 68.0. The number of esters is 4. The van der Waals surface area contributed by atoms with Crippen LogP contribution in [0, 0.1) is 0 Å². The SMILES string of the molecule is CC/C=C\C/C=C\C/C=C\C/C=C\C/C=C\CCCC(=O)OCC(COP(=O)(O)OCC(O)COP(=O)(O)OCC(COC(=O)C/C=C\C/C=C\C/C=C\C/C=C\C/C=C\CC)OC(=O)CCCCCCCCCCCCC)OC(=O)CCCCCCCCCCCCCCC. The molecular formula is C77H130O17P2. The van der Waals surface area contributed by atoms with E-state index in [-0.39, 0.29) is 25.7 Å². The van der Waals surface area contributed by atoms with Crippen molar-refractivity contribution in [2.75, 3.05) is 39.6 Å². The van der Waals surface area contributed by atoms with Gasteiger partial charge in [-0.1, -0.05) is 290 Å². The molecule has 5 unspecified atom stereocenters. The van der Waals surface area contributed by atoms with Gasteiger partial charge in [0.15, 0.2) is 12.2 Å². The highest BCUT2D eigenvalue weighted by molar-refractivity contribution is 7.47. The fourth-order valence-corrected chi connectivity index (χ4v) is 11.0. The summed E-state index contributed by atoms with van der Waals surface area (Å²) in [6, 6.07) is 0. The van der Waals surface area contributed by atoms with Gasteiger partial charge in [0.2, 0.25) is 0 Å². The molecule has 0 radical (unpaired) electrons. The van der Waals surface area contributed by atoms with E-state index in [4.69, 9.17) is 37.0 Å². The maximum absolute atomic E-state index is 13.0. The summed E-state index contributed by atoms with van der Waals surface area (Å²) in [5, 5.41) is 10.6. The molecule has 19 heteroatoms. The van der Waals surface area contributed by atoms with E-state index in [2.05, 4.69) is 113 Å². The average Bonchev–Trinajstić information content (AvgIpc) is 1.17. The fourth-order valence-electron chi connectivity index (χ4n) is 9.45. The molecule has 96 heavy (non-hydrogen) atoms. The molecule has 0 aliphatic heterocycles. The van der Waals surface area contributed by atoms with Crippen LogP contribution in [0.2, 0.25) is 0 Å². The quantitative estimate of drug-likeness (QED) is 0.0169. The molecule has 0 aromatic heterocycles. The van der Waals surface area contributed by atoms with Crippen LogP contribution >= 0.6 is 15.6 Å². The Balaban J connectivity index is 5.42. The van der Waals surface area contributed by atoms with Gasteiger partial charge in [-0.25, -0.2) is 9.13 Å². The largest absolute Gasteiger partial charge is 0.472 e. The van der Waals surface area contributed by atoms with Crippen LogP contribution in [0.25, 0.3) is 0 Å². The molecule has 3 N–H and O–H groups in total. The summed E-state index contributed by atoms with van der Waals surface area (Å²) in [5.74, 6) is -2.39. The summed E-state index contributed by atoms with van der Waals surface area (Å²) in [4.78, 5) is 72.6. The summed E-state index contributed by atoms with van der Waals surface area (Å²) in [5.41, 5.74) is 0. The van der Waals surface area contributed by atoms with Crippen molar-refractivity contribution in [3.8, 4) is 0 Å². The Morgan fingerprint density at radius 1 is 0.312 bits per heavy atom. The number of hydrogen-bond donors (Lipinski definition) is 3. The lowest BCUT2D eigenvalue weighted by Crippen LogP contribution is -2.30. The summed E-state index contributed by atoms with van der Waals surface area (Å²) in [6.45, 7) is 4.45. The minimum atomic E-state index is -4.99. The number of rotatable bonds is 68. The fraction of sp³-hybridized carbons (Fsp3) is 0.688. The smallest absolute Gasteiger partial charge is 0.462 e. The third-order valence-electron chi connectivity index (χ3n) is 15.0. The van der Waals surface area contributed by atoms with Crippen LogP contribution < -0.4 is 0 Å². The monoisotopic (exact) mass is 1390 g/mol. The minimum absolute atomic E-state index is 0.0713. The second-order valence-electron chi connectivity index (χ2n) is 24.2. The van der Waals surface area contributed by atoms with Crippen LogP contribution in [0.15, 0.2) is 122 Å². The van der Waals surface area contributed by atoms with E-state index in [0.717, 1.165) is 109 Å². The molecule has 0 heterocycles. The topological polar surface area (TPSA) is 237 Å². The molecule has 0 saturated heterocycles. The van der Waals surface area contributed by atoms with Crippen LogP contribution in [0.5, 0.6) is 0 Å². The molecule has 550 valence electrons. The predicted molar refractivity (Wildman–Crippen MR) is 390 cm³/mol. The molecule has 17 nitrogen and oxygen atoms in total. The van der Waals surface area contributed by atoms with Crippen molar-refractivity contribution in [3.05, 3.63) is 122 Å². The van der Waals surface area contributed by atoms with Gasteiger partial charge in [-0.05, 0) is 89.9 Å². The standard InChI is InChI=1S/C77H130O17P2/c1-5-9-13-17-21-25-29-32-34-35-37-40-43-46-50-54-58-62-75(80)88-68-73(94-77(82)64-60-56-52-48-44-38-31-27-23-19-15-11-7-3)70-92-96(85,86)90-66-71(78)65-89-95(83,84)91-69-72(93-76(81)63-59-55-51-47-41-28-24-20-16-12-8-4)67-87-74(79)61-57-53-49-45-42-39-36-33-30-26-22-18-14-10-6-2/h9-10,13-14,21-22,25-26,32-34,36-37,40,42,45-46,50,53,57,71-73,78H,5-8,11-12,15-20,23-24,27-31,35,38-39,41,43-44,47-49,51-52,54-56,58-70H2,1-4H3,(H,83,84)(H,85,86)/b13-9-,14-10-,25-21-,26-22-,34-32-,36-33-,40-37-,45-42-,50-46-,57-53-. The van der Waals surface area contributed by atoms with Crippen molar-refractivity contribution in [1.29, 1.82) is 0 Å². The first-order valence-corrected chi connectivity index (χ1v) is 39.8. The zero-order valence-corrected chi connectivity index (χ0v) is 61.5. The number of carbonyl (C=O) groups is 4. The molecule has 0 rings (SSSR count). The second-order valence-corrected chi connectivity index (χ2v) is 27.1. The number of aliphatic hydroxyl groups excluding tert-OH is 1. The van der Waals surface area contributed by atoms with Gasteiger partial charge in [-0.2, -0.15) is 0 Å². The lowest BCUT2D eigenvalue weighted by Gasteiger charge is -2.21. The van der Waals surface area contributed by atoms with Gasteiger partial charge in [0.05, 0.1) is 32.8 Å². The highest BCUT2D eigenvalue weighted by Crippen LogP contribution is 2.45. The van der Waals surface area contributed by atoms with Crippen LogP contribution in [-0.4, -0.2) is 96.7 Å². The Morgan fingerprint density at radius 3 is 0.917 bits per heavy atom. The number of aliphatic hydroxyl groups is 1. The van der Waals surface area contributed by atoms with Crippen molar-refractivity contribution in [3.63, 3.8) is 0 Å². The number of unbranched alkanes of at least 4 members (excludes halogenated alkanes) is 23. The van der Waals surface area contributed by atoms with E-state index < -0.39 is 97.5 Å². The Hall–Kier alpha value is -4.54. The van der Waals surface area contributed by atoms with E-state index in [1.54, 1.807) is 6.08 Å². The van der Waals surface area contributed by atoms with E-state index in [1.165, 1.54) is 89.9 Å². The number of phosphoric ester groups is 2. The van der Waals surface area contributed by atoms with Crippen molar-refractivity contribution < 1.29 is 80.2 Å². The van der Waals surface area contributed by atoms with E-state index >= 15 is 0 Å². The summed E-state index contributed by atoms with van der Waals surface area (Å²) in [6.07, 6.45) is 73.9. The first-order valence-electron chi connectivity index (χ1n) is 36.8. The number of ether oxygens (including phenoxy) is 4. The molecular weight excluding hydrogens is 1260 g/mol. The highest BCUT2D eigenvalue weighted by Gasteiger charge is 2.30. The first-order chi connectivity index (χ1) is 46.7. The molecule has 5 atom stereocenters. The minimum Gasteiger partial charge on any atom is -0.462 e. The lowest BCUT2D eigenvalue weighted by molar-refractivity contribution is -0.161. The predicted octanol–water partition coefficient (Wildman–Crippen LogP) is 20.8. The molecule has 0 spiro atoms. The Bertz CT molecular complexity index is 2300. The van der Waals surface area contributed by atoms with Gasteiger partial charge in [-0.15, -0.1) is 0 Å². The zero-order chi connectivity index (χ0) is 70.4. The molecule has 0 aromatic rings. The van der Waals surface area contributed by atoms with Gasteiger partial charge in [-0.3, -0.25) is 37.3 Å². The maximum atomic E-state index is 13.0. The van der Waals surface area contributed by atoms with Gasteiger partial charge >= 0.3 is 39.5 Å². The molecule has 0 fully saturated rings. The highest BCUT2D eigenvalue weighted by atomic mass is 31.2. The molecule has 0 aromatic carbocycles. The number of allylic oxidation sites excluding steroid dienone is 19. The Kier molecular flexibility index (Phi) is 65.7. The maximum Gasteiger partial charge on any atom is 0.472 e. The summed E-state index contributed by atoms with van der Waals surface area (Å²) in [7, 11) is -9.98. The van der Waals surface area contributed by atoms with Crippen LogP contribution in [0.4, 0.5) is 0 Å². The van der Waals surface area contributed by atoms with E-state index in [9.17, 15) is 43.2 Å². The van der Waals surface area contributed by atoms with Crippen molar-refractivity contribution in [1.82, 2.24) is 0 Å². The third-order valence-corrected chi connectivity index (χ3v) is 16.9. The van der Waals surface area contributed by atoms with Crippen LogP contribution in [0.3, 0.4) is 0 Å². The zero-order valence-electron chi connectivity index (χ0n) is 59.8. The van der Waals surface area contributed by atoms with Crippen molar-refractivity contribution in [2.24, 2.45) is 0 Å². The van der Waals surface area contributed by atoms with Gasteiger partial charge < -0.3 is 33.8 Å². The van der Waals surface area contributed by atoms with Crippen LogP contribution in [-0.2, 0) is 65.4 Å². The Labute approximate surface area is 581 Å². The number of hydrogen-bond acceptors (Lipinski definition) is 15. The van der Waals surface area contributed by atoms with Crippen molar-refractivity contribution >= 4 is 39.5 Å². The normalized spacial score (nSPS) is 14.7. The number of carbonyl (C=O) groups excluding carboxylic acids is 4. The van der Waals surface area contributed by atoms with Crippen molar-refractivity contribution in [2.45, 2.75) is 303 Å². The second kappa shape index (κ2) is 69.0. The van der Waals surface area contributed by atoms with E-state index in [1.807, 2.05) is 30.4 Å². The molecule has 0 aliphatic rings. The lowest BCUT2D eigenvalue weighted by atomic mass is 10.0. The summed E-state index contributed by atoms with van der Waals surface area (Å²) >= 11 is 0. The average molecular weight is 1390 g/mol. The molecule has 0 saturated carbocycles. The molecule has 0 amide bonds. The van der Waals surface area contributed by atoms with E-state index in [0.29, 0.717) is 32.1 Å². The molecule has 0 bridgehead atoms. The molecule has 0 aliphatic carbocycles. The van der Waals surface area contributed by atoms with Gasteiger partial charge in [0.25, 0.3) is 0 Å². The Morgan fingerprint density at radius 2 is 0.583 bits per heavy atom. The summed E-state index contributed by atoms with van der Waals surface area (Å²) < 4.78 is 68.1. The van der Waals surface area contributed by atoms with Crippen LogP contribution in [0.1, 0.15) is 285 Å².